The van der Waals surface area contributed by atoms with E-state index in [4.69, 9.17) is 4.74 Å². The second-order valence-electron chi connectivity index (χ2n) is 4.49. The van der Waals surface area contributed by atoms with Crippen LogP contribution in [-0.4, -0.2) is 13.2 Å². The first-order valence-corrected chi connectivity index (χ1v) is 6.85. The molecule has 2 aromatic rings. The molecular formula is C17H22ClNO. The Hall–Kier alpha value is -1.51. The van der Waals surface area contributed by atoms with E-state index < -0.39 is 0 Å². The molecule has 2 aromatic carbocycles. The molecule has 0 aliphatic heterocycles. The highest BCUT2D eigenvalue weighted by Gasteiger charge is 1.96. The van der Waals surface area contributed by atoms with Crippen molar-refractivity contribution in [2.24, 2.45) is 0 Å². The predicted molar refractivity (Wildman–Crippen MR) is 86.7 cm³/mol. The second kappa shape index (κ2) is 9.40. The molecule has 0 aromatic heterocycles. The summed E-state index contributed by atoms with van der Waals surface area (Å²) in [5.74, 6) is 0.949. The molecule has 3 heteroatoms. The molecule has 0 saturated carbocycles. The molecule has 0 aliphatic rings. The zero-order valence-electron chi connectivity index (χ0n) is 11.8. The Balaban J connectivity index is 0.00000200. The molecule has 1 N–H and O–H groups in total. The molecule has 0 fully saturated rings. The van der Waals surface area contributed by atoms with Crippen LogP contribution in [0.4, 0.5) is 0 Å². The average molecular weight is 292 g/mol. The van der Waals surface area contributed by atoms with Gasteiger partial charge in [-0.15, -0.1) is 12.4 Å². The van der Waals surface area contributed by atoms with Crippen LogP contribution in [0.25, 0.3) is 0 Å². The Kier molecular flexibility index (Phi) is 7.78. The highest BCUT2D eigenvalue weighted by atomic mass is 35.5. The standard InChI is InChI=1S/C17H21NO.ClH/c1-2-19-17-10-6-9-16(13-17)14-18-12-11-15-7-4-3-5-8-15;/h3-10,13,18H,2,11-12,14H2,1H3;1H. The summed E-state index contributed by atoms with van der Waals surface area (Å²) < 4.78 is 5.49. The van der Waals surface area contributed by atoms with Crippen molar-refractivity contribution in [1.29, 1.82) is 0 Å². The van der Waals surface area contributed by atoms with Crippen molar-refractivity contribution >= 4 is 12.4 Å². The molecule has 20 heavy (non-hydrogen) atoms. The first-order chi connectivity index (χ1) is 9.38. The molecule has 0 atom stereocenters. The van der Waals surface area contributed by atoms with Gasteiger partial charge in [0.05, 0.1) is 6.61 Å². The van der Waals surface area contributed by atoms with Crippen LogP contribution in [0, 0.1) is 0 Å². The zero-order chi connectivity index (χ0) is 13.3. The van der Waals surface area contributed by atoms with Crippen LogP contribution in [0.2, 0.25) is 0 Å². The van der Waals surface area contributed by atoms with Gasteiger partial charge in [0.15, 0.2) is 0 Å². The molecule has 0 unspecified atom stereocenters. The van der Waals surface area contributed by atoms with Gasteiger partial charge in [-0.05, 0) is 43.1 Å². The Labute approximate surface area is 127 Å². The second-order valence-corrected chi connectivity index (χ2v) is 4.49. The number of hydrogen-bond acceptors (Lipinski definition) is 2. The van der Waals surface area contributed by atoms with Crippen LogP contribution in [0.15, 0.2) is 54.6 Å². The molecule has 0 amide bonds. The van der Waals surface area contributed by atoms with E-state index in [9.17, 15) is 0 Å². The van der Waals surface area contributed by atoms with E-state index in [1.54, 1.807) is 0 Å². The third kappa shape index (κ3) is 5.64. The normalized spacial score (nSPS) is 9.85. The van der Waals surface area contributed by atoms with E-state index in [0.717, 1.165) is 25.3 Å². The van der Waals surface area contributed by atoms with Gasteiger partial charge in [0, 0.05) is 6.54 Å². The molecule has 0 saturated heterocycles. The average Bonchev–Trinajstić information content (AvgIpc) is 2.46. The van der Waals surface area contributed by atoms with Gasteiger partial charge in [-0.3, -0.25) is 0 Å². The summed E-state index contributed by atoms with van der Waals surface area (Å²) in [4.78, 5) is 0. The highest BCUT2D eigenvalue weighted by molar-refractivity contribution is 5.85. The summed E-state index contributed by atoms with van der Waals surface area (Å²) in [6, 6.07) is 18.8. The number of halogens is 1. The lowest BCUT2D eigenvalue weighted by atomic mass is 10.1. The van der Waals surface area contributed by atoms with Gasteiger partial charge in [0.25, 0.3) is 0 Å². The minimum absolute atomic E-state index is 0. The van der Waals surface area contributed by atoms with Crippen molar-refractivity contribution in [3.05, 3.63) is 65.7 Å². The highest BCUT2D eigenvalue weighted by Crippen LogP contribution is 2.12. The topological polar surface area (TPSA) is 21.3 Å². The van der Waals surface area contributed by atoms with Crippen LogP contribution in [0.5, 0.6) is 5.75 Å². The number of benzene rings is 2. The Morgan fingerprint density at radius 1 is 0.950 bits per heavy atom. The SMILES string of the molecule is CCOc1cccc(CNCCc2ccccc2)c1.Cl. The first-order valence-electron chi connectivity index (χ1n) is 6.85. The number of ether oxygens (including phenoxy) is 1. The monoisotopic (exact) mass is 291 g/mol. The van der Waals surface area contributed by atoms with E-state index in [0.29, 0.717) is 6.61 Å². The molecule has 108 valence electrons. The molecular weight excluding hydrogens is 270 g/mol. The van der Waals surface area contributed by atoms with Crippen molar-refractivity contribution < 1.29 is 4.74 Å². The maximum absolute atomic E-state index is 5.49. The number of nitrogens with one attached hydrogen (secondary N) is 1. The lowest BCUT2D eigenvalue weighted by Crippen LogP contribution is -2.16. The Morgan fingerprint density at radius 2 is 1.70 bits per heavy atom. The van der Waals surface area contributed by atoms with Crippen molar-refractivity contribution in [2.45, 2.75) is 19.9 Å². The zero-order valence-corrected chi connectivity index (χ0v) is 12.7. The van der Waals surface area contributed by atoms with Crippen LogP contribution in [0.1, 0.15) is 18.1 Å². The maximum atomic E-state index is 5.49. The fourth-order valence-corrected chi connectivity index (χ4v) is 2.02. The van der Waals surface area contributed by atoms with E-state index in [2.05, 4.69) is 47.8 Å². The molecule has 0 heterocycles. The van der Waals surface area contributed by atoms with Crippen LogP contribution in [0.3, 0.4) is 0 Å². The maximum Gasteiger partial charge on any atom is 0.119 e. The van der Waals surface area contributed by atoms with E-state index >= 15 is 0 Å². The fraction of sp³-hybridized carbons (Fsp3) is 0.294. The summed E-state index contributed by atoms with van der Waals surface area (Å²) >= 11 is 0. The van der Waals surface area contributed by atoms with Crippen LogP contribution >= 0.6 is 12.4 Å². The van der Waals surface area contributed by atoms with Crippen molar-refractivity contribution in [2.75, 3.05) is 13.2 Å². The summed E-state index contributed by atoms with van der Waals surface area (Å²) in [6.07, 6.45) is 1.06. The predicted octanol–water partition coefficient (Wildman–Crippen LogP) is 3.84. The molecule has 0 spiro atoms. The summed E-state index contributed by atoms with van der Waals surface area (Å²) in [6.45, 7) is 4.59. The van der Waals surface area contributed by atoms with Gasteiger partial charge < -0.3 is 10.1 Å². The molecule has 0 bridgehead atoms. The molecule has 2 rings (SSSR count). The first kappa shape index (κ1) is 16.5. The van der Waals surface area contributed by atoms with Gasteiger partial charge in [0.1, 0.15) is 5.75 Å². The molecule has 0 aliphatic carbocycles. The third-order valence-corrected chi connectivity index (χ3v) is 2.97. The number of rotatable bonds is 7. The Bertz CT molecular complexity index is 487. The van der Waals surface area contributed by atoms with Crippen molar-refractivity contribution in [3.8, 4) is 5.75 Å². The fourth-order valence-electron chi connectivity index (χ4n) is 2.02. The van der Waals surface area contributed by atoms with Crippen LogP contribution in [-0.2, 0) is 13.0 Å². The smallest absolute Gasteiger partial charge is 0.119 e. The summed E-state index contributed by atoms with van der Waals surface area (Å²) in [7, 11) is 0. The summed E-state index contributed by atoms with van der Waals surface area (Å²) in [5, 5.41) is 3.46. The van der Waals surface area contributed by atoms with Gasteiger partial charge in [-0.25, -0.2) is 0 Å². The molecule has 0 radical (unpaired) electrons. The van der Waals surface area contributed by atoms with E-state index in [-0.39, 0.29) is 12.4 Å². The van der Waals surface area contributed by atoms with E-state index in [1.165, 1.54) is 11.1 Å². The third-order valence-electron chi connectivity index (χ3n) is 2.97. The molecule has 2 nitrogen and oxygen atoms in total. The Morgan fingerprint density at radius 3 is 2.45 bits per heavy atom. The van der Waals surface area contributed by atoms with Gasteiger partial charge in [0.2, 0.25) is 0 Å². The lowest BCUT2D eigenvalue weighted by molar-refractivity contribution is 0.340. The largest absolute Gasteiger partial charge is 0.494 e. The minimum Gasteiger partial charge on any atom is -0.494 e. The van der Waals surface area contributed by atoms with Gasteiger partial charge in [-0.1, -0.05) is 42.5 Å². The minimum atomic E-state index is 0. The van der Waals surface area contributed by atoms with Crippen molar-refractivity contribution in [3.63, 3.8) is 0 Å². The lowest BCUT2D eigenvalue weighted by Gasteiger charge is -2.07. The van der Waals surface area contributed by atoms with Crippen molar-refractivity contribution in [1.82, 2.24) is 5.32 Å². The summed E-state index contributed by atoms with van der Waals surface area (Å²) in [5.41, 5.74) is 2.64. The van der Waals surface area contributed by atoms with E-state index in [1.807, 2.05) is 19.1 Å². The van der Waals surface area contributed by atoms with Gasteiger partial charge >= 0.3 is 0 Å². The quantitative estimate of drug-likeness (QED) is 0.783. The van der Waals surface area contributed by atoms with Gasteiger partial charge in [-0.2, -0.15) is 0 Å². The van der Waals surface area contributed by atoms with Crippen LogP contribution < -0.4 is 10.1 Å². The number of hydrogen-bond donors (Lipinski definition) is 1.